The molecule has 2 N–H and O–H groups in total. The quantitative estimate of drug-likeness (QED) is 0.840. The second kappa shape index (κ2) is 6.53. The monoisotopic (exact) mass is 295 g/mol. The molecule has 0 aliphatic carbocycles. The Morgan fingerprint density at radius 3 is 2.52 bits per heavy atom. The third kappa shape index (κ3) is 3.00. The number of hydrogen-bond acceptors (Lipinski definition) is 4. The number of nitrogens with zero attached hydrogens (tertiary/aromatic N) is 2. The summed E-state index contributed by atoms with van der Waals surface area (Å²) >= 11 is 0. The van der Waals surface area contributed by atoms with Crippen LogP contribution in [-0.2, 0) is 4.74 Å². The van der Waals surface area contributed by atoms with E-state index in [1.54, 1.807) is 0 Å². The maximum absolute atomic E-state index is 6.31. The largest absolute Gasteiger partial charge is 0.377 e. The predicted molar refractivity (Wildman–Crippen MR) is 86.4 cm³/mol. The minimum atomic E-state index is 0.243. The maximum atomic E-state index is 6.31. The van der Waals surface area contributed by atoms with Gasteiger partial charge in [0.05, 0.1) is 6.10 Å². The van der Waals surface area contributed by atoms with Crippen LogP contribution in [0.2, 0.25) is 0 Å². The van der Waals surface area contributed by atoms with Crippen molar-refractivity contribution in [1.29, 1.82) is 0 Å². The molecule has 3 aliphatic rings. The van der Waals surface area contributed by atoms with E-state index in [9.17, 15) is 0 Å². The van der Waals surface area contributed by atoms with Crippen LogP contribution >= 0.6 is 0 Å². The Hall–Kier alpha value is -0.160. The molecule has 3 heterocycles. The van der Waals surface area contributed by atoms with Gasteiger partial charge in [0.25, 0.3) is 0 Å². The lowest BCUT2D eigenvalue weighted by atomic mass is 9.80. The molecular formula is C17H33N3O. The summed E-state index contributed by atoms with van der Waals surface area (Å²) in [5, 5.41) is 0. The normalized spacial score (nSPS) is 41.6. The molecule has 3 rings (SSSR count). The van der Waals surface area contributed by atoms with E-state index < -0.39 is 0 Å². The van der Waals surface area contributed by atoms with Crippen LogP contribution < -0.4 is 5.73 Å². The Morgan fingerprint density at radius 2 is 1.90 bits per heavy atom. The van der Waals surface area contributed by atoms with Gasteiger partial charge in [0.15, 0.2) is 0 Å². The van der Waals surface area contributed by atoms with Crippen LogP contribution in [0.1, 0.15) is 51.9 Å². The fraction of sp³-hybridized carbons (Fsp3) is 1.00. The Morgan fingerprint density at radius 1 is 1.19 bits per heavy atom. The van der Waals surface area contributed by atoms with Crippen molar-refractivity contribution in [3.8, 4) is 0 Å². The molecule has 4 heteroatoms. The number of nitrogens with two attached hydrogens (primary N) is 1. The van der Waals surface area contributed by atoms with Crippen LogP contribution in [0.3, 0.4) is 0 Å². The van der Waals surface area contributed by atoms with Crippen LogP contribution in [0.5, 0.6) is 0 Å². The molecule has 3 aliphatic heterocycles. The lowest BCUT2D eigenvalue weighted by Gasteiger charge is -2.53. The summed E-state index contributed by atoms with van der Waals surface area (Å²) in [6.45, 7) is 6.22. The predicted octanol–water partition coefficient (Wildman–Crippen LogP) is 1.83. The van der Waals surface area contributed by atoms with Crippen molar-refractivity contribution < 1.29 is 4.74 Å². The number of ether oxygens (including phenoxy) is 1. The van der Waals surface area contributed by atoms with E-state index in [1.807, 2.05) is 0 Å². The van der Waals surface area contributed by atoms with Crippen molar-refractivity contribution in [2.75, 3.05) is 33.3 Å². The smallest absolute Gasteiger partial charge is 0.0702 e. The van der Waals surface area contributed by atoms with Gasteiger partial charge in [0.2, 0.25) is 0 Å². The van der Waals surface area contributed by atoms with Gasteiger partial charge in [0, 0.05) is 37.3 Å². The Kier molecular flexibility index (Phi) is 4.89. The van der Waals surface area contributed by atoms with E-state index in [-0.39, 0.29) is 5.54 Å². The summed E-state index contributed by atoms with van der Waals surface area (Å²) in [5.41, 5.74) is 6.55. The molecule has 21 heavy (non-hydrogen) atoms. The van der Waals surface area contributed by atoms with Crippen LogP contribution in [0.25, 0.3) is 0 Å². The van der Waals surface area contributed by atoms with E-state index in [1.165, 1.54) is 45.1 Å². The van der Waals surface area contributed by atoms with Gasteiger partial charge in [-0.25, -0.2) is 0 Å². The Labute approximate surface area is 130 Å². The molecule has 0 amide bonds. The van der Waals surface area contributed by atoms with Gasteiger partial charge in [-0.15, -0.1) is 0 Å². The van der Waals surface area contributed by atoms with Crippen molar-refractivity contribution in [1.82, 2.24) is 9.80 Å². The van der Waals surface area contributed by atoms with Gasteiger partial charge < -0.3 is 15.4 Å². The number of fused-ring (bicyclic) bond motifs is 2. The number of likely N-dealkylation sites (tertiary alicyclic amines) is 1. The van der Waals surface area contributed by atoms with Gasteiger partial charge in [-0.3, -0.25) is 4.90 Å². The fourth-order valence-electron chi connectivity index (χ4n) is 4.89. The van der Waals surface area contributed by atoms with Gasteiger partial charge in [-0.05, 0) is 58.5 Å². The minimum absolute atomic E-state index is 0.243. The van der Waals surface area contributed by atoms with E-state index in [0.717, 1.165) is 38.2 Å². The molecule has 3 fully saturated rings. The molecule has 2 bridgehead atoms. The van der Waals surface area contributed by atoms with Crippen molar-refractivity contribution in [2.24, 2.45) is 5.73 Å². The molecule has 0 saturated carbocycles. The second-order valence-corrected chi connectivity index (χ2v) is 7.47. The third-order valence-corrected chi connectivity index (χ3v) is 6.20. The second-order valence-electron chi connectivity index (χ2n) is 7.47. The Bertz CT molecular complexity index is 335. The molecule has 122 valence electrons. The SMILES string of the molecule is CCCOC1CCCN(C2(CN)CC3CCC(C2)N3C)C1. The number of rotatable bonds is 5. The molecule has 0 aromatic heterocycles. The molecule has 0 radical (unpaired) electrons. The topological polar surface area (TPSA) is 41.7 Å². The lowest BCUT2D eigenvalue weighted by Crippen LogP contribution is -2.64. The first-order chi connectivity index (χ1) is 10.2. The van der Waals surface area contributed by atoms with E-state index >= 15 is 0 Å². The standard InChI is InChI=1S/C17H33N3O/c1-3-9-21-16-5-4-8-20(12-16)17(13-18)10-14-6-7-15(11-17)19(14)2/h14-16H,3-13,18H2,1-2H3. The zero-order valence-electron chi connectivity index (χ0n) is 13.9. The zero-order valence-corrected chi connectivity index (χ0v) is 13.9. The minimum Gasteiger partial charge on any atom is -0.377 e. The summed E-state index contributed by atoms with van der Waals surface area (Å²) in [4.78, 5) is 5.32. The summed E-state index contributed by atoms with van der Waals surface area (Å²) < 4.78 is 6.04. The van der Waals surface area contributed by atoms with Crippen LogP contribution in [0.4, 0.5) is 0 Å². The molecule has 0 spiro atoms. The van der Waals surface area contributed by atoms with E-state index in [0.29, 0.717) is 6.10 Å². The summed E-state index contributed by atoms with van der Waals surface area (Å²) in [6, 6.07) is 1.51. The number of hydrogen-bond donors (Lipinski definition) is 1. The van der Waals surface area contributed by atoms with Gasteiger partial charge in [0.1, 0.15) is 0 Å². The summed E-state index contributed by atoms with van der Waals surface area (Å²) in [5.74, 6) is 0. The molecule has 4 nitrogen and oxygen atoms in total. The summed E-state index contributed by atoms with van der Waals surface area (Å²) in [6.07, 6.45) is 9.30. The highest BCUT2D eigenvalue weighted by Gasteiger charge is 2.49. The highest BCUT2D eigenvalue weighted by atomic mass is 16.5. The first kappa shape index (κ1) is 15.7. The first-order valence-corrected chi connectivity index (χ1v) is 8.97. The molecule has 0 aromatic carbocycles. The average molecular weight is 295 g/mol. The van der Waals surface area contributed by atoms with E-state index in [4.69, 9.17) is 10.5 Å². The van der Waals surface area contributed by atoms with E-state index in [2.05, 4.69) is 23.8 Å². The molecule has 0 aromatic rings. The number of piperidine rings is 2. The fourth-order valence-corrected chi connectivity index (χ4v) is 4.89. The lowest BCUT2D eigenvalue weighted by molar-refractivity contribution is -0.0633. The average Bonchev–Trinajstić information content (AvgIpc) is 2.75. The van der Waals surface area contributed by atoms with Crippen LogP contribution in [0.15, 0.2) is 0 Å². The van der Waals surface area contributed by atoms with Gasteiger partial charge in [-0.1, -0.05) is 6.92 Å². The van der Waals surface area contributed by atoms with Gasteiger partial charge in [-0.2, -0.15) is 0 Å². The zero-order chi connectivity index (χ0) is 14.9. The molecule has 3 unspecified atom stereocenters. The van der Waals surface area contributed by atoms with Crippen molar-refractivity contribution in [3.63, 3.8) is 0 Å². The molecule has 3 atom stereocenters. The molecular weight excluding hydrogens is 262 g/mol. The maximum Gasteiger partial charge on any atom is 0.0702 e. The molecule has 3 saturated heterocycles. The van der Waals surface area contributed by atoms with Crippen molar-refractivity contribution in [3.05, 3.63) is 0 Å². The van der Waals surface area contributed by atoms with Crippen LogP contribution in [0, 0.1) is 0 Å². The Balaban J connectivity index is 1.68. The van der Waals surface area contributed by atoms with Crippen molar-refractivity contribution >= 4 is 0 Å². The highest BCUT2D eigenvalue weighted by molar-refractivity contribution is 5.07. The third-order valence-electron chi connectivity index (χ3n) is 6.20. The summed E-state index contributed by atoms with van der Waals surface area (Å²) in [7, 11) is 2.31. The highest BCUT2D eigenvalue weighted by Crippen LogP contribution is 2.43. The van der Waals surface area contributed by atoms with Crippen LogP contribution in [-0.4, -0.2) is 66.8 Å². The van der Waals surface area contributed by atoms with Gasteiger partial charge >= 0.3 is 0 Å². The first-order valence-electron chi connectivity index (χ1n) is 8.97. The van der Waals surface area contributed by atoms with Crippen molar-refractivity contribution in [2.45, 2.75) is 75.6 Å².